The molecule has 0 aliphatic heterocycles. The maximum Gasteiger partial charge on any atom is 1.00 e. The molecular formula is C72H101ClN15NaO10. The number of fused-ring (bicyclic) bond motifs is 3. The number of hydrogen-bond acceptors (Lipinski definition) is 25. The van der Waals surface area contributed by atoms with Crippen LogP contribution >= 0.6 is 11.6 Å². The van der Waals surface area contributed by atoms with Crippen molar-refractivity contribution < 1.29 is 77.5 Å². The van der Waals surface area contributed by atoms with Crippen molar-refractivity contribution in [2.75, 3.05) is 82.1 Å². The third-order valence-corrected chi connectivity index (χ3v) is 16.7. The van der Waals surface area contributed by atoms with Crippen molar-refractivity contribution in [2.24, 2.45) is 0 Å². The van der Waals surface area contributed by atoms with E-state index in [4.69, 9.17) is 65.8 Å². The third kappa shape index (κ3) is 26.1. The van der Waals surface area contributed by atoms with Gasteiger partial charge in [0, 0.05) is 90.6 Å². The van der Waals surface area contributed by atoms with Gasteiger partial charge in [0.1, 0.15) is 79.4 Å². The Hall–Kier alpha value is -8.23. The van der Waals surface area contributed by atoms with Crippen LogP contribution in [-0.2, 0) is 27.5 Å². The summed E-state index contributed by atoms with van der Waals surface area (Å²) in [6.07, 6.45) is 17.6. The number of ether oxygens (including phenoxy) is 6. The zero-order chi connectivity index (χ0) is 72.0. The number of pyridine rings is 3. The molecule has 3 atom stereocenters. The van der Waals surface area contributed by atoms with Crippen molar-refractivity contribution in [3.8, 4) is 34.5 Å². The zero-order valence-electron chi connectivity index (χ0n) is 61.0. The van der Waals surface area contributed by atoms with Crippen molar-refractivity contribution >= 4 is 97.3 Å². The van der Waals surface area contributed by atoms with Gasteiger partial charge in [-0.1, -0.05) is 70.9 Å². The van der Waals surface area contributed by atoms with E-state index in [1.54, 1.807) is 94.2 Å². The van der Waals surface area contributed by atoms with Gasteiger partial charge in [-0.3, -0.25) is 0 Å². The number of nitrogen functional groups attached to an aromatic ring is 1. The number of carbonyl (C=O) groups is 3. The summed E-state index contributed by atoms with van der Waals surface area (Å²) in [4.78, 5) is 75.9. The normalized spacial score (nSPS) is 12.5. The Morgan fingerprint density at radius 3 is 1.15 bits per heavy atom. The number of nitrogens with two attached hydrogens (primary N) is 1. The number of nitrogens with zero attached hydrogens (tertiary/aromatic N) is 9. The predicted molar refractivity (Wildman–Crippen MR) is 389 cm³/mol. The first-order valence-electron chi connectivity index (χ1n) is 33.1. The number of unbranched alkanes of at least 4 members (excludes halogenated alkanes) is 3. The second-order valence-corrected chi connectivity index (χ2v) is 25.2. The molecule has 8 aromatic rings. The molecule has 2 aromatic carbocycles. The van der Waals surface area contributed by atoms with Crippen LogP contribution in [0.25, 0.3) is 33.1 Å². The van der Waals surface area contributed by atoms with Gasteiger partial charge in [-0.2, -0.15) is 22.1 Å². The fraction of sp³-hybridized carbons (Fsp3) is 0.500. The maximum absolute atomic E-state index is 11.8. The van der Waals surface area contributed by atoms with E-state index >= 15 is 0 Å². The molecule has 0 aliphatic rings. The summed E-state index contributed by atoms with van der Waals surface area (Å²) in [6.45, 7) is 18.6. The van der Waals surface area contributed by atoms with Crippen LogP contribution in [0.1, 0.15) is 170 Å². The summed E-state index contributed by atoms with van der Waals surface area (Å²) in [5.41, 5.74) is 10.7. The fourth-order valence-corrected chi connectivity index (χ4v) is 10.8. The van der Waals surface area contributed by atoms with E-state index in [2.05, 4.69) is 98.0 Å². The average Bonchev–Trinajstić information content (AvgIpc) is 0.805. The molecule has 6 heterocycles. The molecule has 532 valence electrons. The molecule has 0 saturated heterocycles. The van der Waals surface area contributed by atoms with E-state index < -0.39 is 0 Å². The number of nitrogens with one attached hydrogen (secondary N) is 5. The Bertz CT molecular complexity index is 3900. The molecule has 99 heavy (non-hydrogen) atoms. The fourth-order valence-electron chi connectivity index (χ4n) is 10.7. The summed E-state index contributed by atoms with van der Waals surface area (Å²) in [7, 11) is 10.4. The number of anilines is 6. The number of benzene rings is 2. The maximum atomic E-state index is 11.8. The van der Waals surface area contributed by atoms with Crippen molar-refractivity contribution in [3.05, 3.63) is 89.3 Å². The van der Waals surface area contributed by atoms with Crippen molar-refractivity contribution in [2.45, 2.75) is 188 Å². The summed E-state index contributed by atoms with van der Waals surface area (Å²) in [5.74, 6) is 7.48. The smallest absolute Gasteiger partial charge is 0.857 e. The first-order chi connectivity index (χ1) is 46.9. The molecule has 0 unspecified atom stereocenters. The number of Topliss-reactive ketones (excluding diaryl/α,β-unsaturated/α-hetero) is 3. The Kier molecular flexibility index (Phi) is 34.8. The monoisotopic (exact) mass is 1390 g/mol. The molecule has 0 aliphatic carbocycles. The van der Waals surface area contributed by atoms with Gasteiger partial charge in [0.2, 0.25) is 17.8 Å². The van der Waals surface area contributed by atoms with E-state index in [0.717, 1.165) is 93.9 Å². The minimum atomic E-state index is -0.319. The molecule has 8 rings (SSSR count). The Labute approximate surface area is 610 Å². The second-order valence-electron chi connectivity index (χ2n) is 24.8. The van der Waals surface area contributed by atoms with Crippen LogP contribution < -0.4 is 95.4 Å². The van der Waals surface area contributed by atoms with Gasteiger partial charge in [0.05, 0.1) is 65.6 Å². The largest absolute Gasteiger partial charge is 1.00 e. The molecular weight excluding hydrogens is 1290 g/mol. The molecule has 0 saturated carbocycles. The number of halogens is 1. The van der Waals surface area contributed by atoms with Gasteiger partial charge in [0.25, 0.3) is 0 Å². The van der Waals surface area contributed by atoms with E-state index in [0.29, 0.717) is 136 Å². The Balaban J connectivity index is 0.000000315. The van der Waals surface area contributed by atoms with E-state index in [-0.39, 0.29) is 69.5 Å². The number of aromatic nitrogens is 9. The van der Waals surface area contributed by atoms with E-state index in [9.17, 15) is 14.4 Å². The average molecular weight is 1400 g/mol. The Morgan fingerprint density at radius 2 is 0.808 bits per heavy atom. The second kappa shape index (κ2) is 41.4. The summed E-state index contributed by atoms with van der Waals surface area (Å²) < 4.78 is 32.2. The molecule has 27 heteroatoms. The van der Waals surface area contributed by atoms with Crippen LogP contribution in [0.2, 0.25) is 5.02 Å². The first kappa shape index (κ1) is 83.2. The minimum Gasteiger partial charge on any atom is -0.857 e. The number of rotatable bonds is 36. The molecule has 0 spiro atoms. The summed E-state index contributed by atoms with van der Waals surface area (Å²) in [5, 5.41) is 26.0. The van der Waals surface area contributed by atoms with Gasteiger partial charge < -0.3 is 80.2 Å². The van der Waals surface area contributed by atoms with Crippen molar-refractivity contribution in [1.82, 2.24) is 44.9 Å². The third-order valence-electron chi connectivity index (χ3n) is 16.5. The number of methoxy groups -OCH3 is 6. The topological polar surface area (TPSA) is 332 Å². The molecule has 6 aromatic heterocycles. The van der Waals surface area contributed by atoms with Crippen LogP contribution in [0, 0.1) is 0 Å². The SMILES string of the molecule is CCCC[C@](C)(CCC(C)=O)Nc1nc(N)nc2cc(OC)cnc12.CCCC[C@](C)(CCC(C)=O)Nc1nc(NCc2ccc(OC)cc2OC)nc2cc(Cl)cnc12.CCCC[C@](C)(CCC(C)=O)Nc1nc(NCc2ccc(OC)cc2OC)nc2cc(OC)cnc12.C[O-].[Na+]. The van der Waals surface area contributed by atoms with Crippen LogP contribution in [0.15, 0.2) is 73.2 Å². The molecule has 7 N–H and O–H groups in total. The summed E-state index contributed by atoms with van der Waals surface area (Å²) in [6, 6.07) is 16.7. The molecule has 0 fully saturated rings. The van der Waals surface area contributed by atoms with Crippen LogP contribution in [0.5, 0.6) is 34.5 Å². The van der Waals surface area contributed by atoms with E-state index in [1.807, 2.05) is 42.5 Å². The molecule has 0 bridgehead atoms. The number of hydrogen-bond donors (Lipinski definition) is 6. The number of ketones is 3. The Morgan fingerprint density at radius 1 is 0.465 bits per heavy atom. The minimum absolute atomic E-state index is 0. The van der Waals surface area contributed by atoms with Gasteiger partial charge in [-0.15, -0.1) is 0 Å². The van der Waals surface area contributed by atoms with Crippen LogP contribution in [0.4, 0.5) is 35.3 Å². The van der Waals surface area contributed by atoms with E-state index in [1.165, 1.54) is 0 Å². The van der Waals surface area contributed by atoms with Crippen LogP contribution in [0.3, 0.4) is 0 Å². The van der Waals surface area contributed by atoms with Gasteiger partial charge >= 0.3 is 29.6 Å². The molecule has 25 nitrogen and oxygen atoms in total. The van der Waals surface area contributed by atoms with Crippen LogP contribution in [-0.4, -0.2) is 129 Å². The quantitative estimate of drug-likeness (QED) is 0.0199. The predicted octanol–water partition coefficient (Wildman–Crippen LogP) is 10.8. The summed E-state index contributed by atoms with van der Waals surface area (Å²) >= 11 is 6.22. The van der Waals surface area contributed by atoms with Crippen molar-refractivity contribution in [1.29, 1.82) is 0 Å². The van der Waals surface area contributed by atoms with Gasteiger partial charge in [-0.25, -0.2) is 29.9 Å². The zero-order valence-corrected chi connectivity index (χ0v) is 63.8. The molecule has 0 radical (unpaired) electrons. The number of carbonyl (C=O) groups excluding carboxylic acids is 3. The first-order valence-corrected chi connectivity index (χ1v) is 33.5. The standard InChI is InChI=1S/C27H37N5O4.C26H34ClN5O3.C18H27N5O2.CH3O.Na/c1-7-8-12-27(3,13-11-18(2)33)32-25-24-22(14-21(35-5)17-28-24)30-26(31-25)29-16-19-9-10-20(34-4)15-23(19)36-6;1-6-7-11-26(3,12-10-17(2)33)32-24-23-21(13-19(27)16-28-23)30-25(31-24)29-15-18-8-9-20(34-4)14-22(18)35-5;1-5-6-8-18(3,9-7-12(2)24)23-16-15-14(21-17(19)22-16)10-13(25-4)11-20-15;1-2;/h9-10,14-15,17H,7-8,11-13,16H2,1-6H3,(H2,29,30,31,32);8-9,13-14,16H,6-7,10-12,15H2,1-5H3,(H2,29,30,31,32);10-11H,5-9H2,1-4H3,(H3,19,21,22,23);1H3;/q;;;-1;+1/t27-;26-;18-;;/m111../s1. The van der Waals surface area contributed by atoms with Crippen molar-refractivity contribution in [3.63, 3.8) is 0 Å². The van der Waals surface area contributed by atoms with Gasteiger partial charge in [-0.05, 0) is 110 Å². The molecule has 0 amide bonds. The van der Waals surface area contributed by atoms with Gasteiger partial charge in [0.15, 0.2) is 17.5 Å².